The van der Waals surface area contributed by atoms with Crippen molar-refractivity contribution in [3.05, 3.63) is 35.9 Å². The zero-order chi connectivity index (χ0) is 17.3. The zero-order valence-corrected chi connectivity index (χ0v) is 15.1. The van der Waals surface area contributed by atoms with Gasteiger partial charge in [-0.05, 0) is 24.8 Å². The van der Waals surface area contributed by atoms with Gasteiger partial charge in [-0.25, -0.2) is 8.42 Å². The highest BCUT2D eigenvalue weighted by Crippen LogP contribution is 2.16. The molecule has 1 aliphatic rings. The number of nitrogens with zero attached hydrogens (tertiary/aromatic N) is 1. The minimum Gasteiger partial charge on any atom is -0.370 e. The minimum atomic E-state index is -3.10. The van der Waals surface area contributed by atoms with Gasteiger partial charge in [0.15, 0.2) is 15.8 Å². The summed E-state index contributed by atoms with van der Waals surface area (Å²) in [7, 11) is -3.10. The summed E-state index contributed by atoms with van der Waals surface area (Å²) in [5, 5.41) is 3.27. The molecule has 1 aromatic carbocycles. The number of sulfone groups is 1. The number of nitrogens with one attached hydrogen (secondary N) is 1. The minimum absolute atomic E-state index is 0.0906. The summed E-state index contributed by atoms with van der Waals surface area (Å²) >= 11 is 0. The number of hydrogen-bond donors (Lipinski definition) is 2. The molecule has 0 bridgehead atoms. The molecule has 0 spiro atoms. The number of rotatable bonds is 7. The van der Waals surface area contributed by atoms with E-state index in [0.717, 1.165) is 18.4 Å². The van der Waals surface area contributed by atoms with Crippen LogP contribution in [0, 0.1) is 0 Å². The van der Waals surface area contributed by atoms with Crippen LogP contribution in [-0.4, -0.2) is 32.7 Å². The lowest BCUT2D eigenvalue weighted by molar-refractivity contribution is 0.530. The molecule has 0 aliphatic heterocycles. The topological polar surface area (TPSA) is 84.5 Å². The highest BCUT2D eigenvalue weighted by Gasteiger charge is 2.13. The Bertz CT molecular complexity index is 606. The first kappa shape index (κ1) is 18.8. The predicted octanol–water partition coefficient (Wildman–Crippen LogP) is 2.62. The van der Waals surface area contributed by atoms with Gasteiger partial charge in [0.2, 0.25) is 0 Å². The number of guanidine groups is 1. The fourth-order valence-corrected chi connectivity index (χ4v) is 4.48. The third kappa shape index (κ3) is 7.34. The van der Waals surface area contributed by atoms with Gasteiger partial charge in [-0.15, -0.1) is 0 Å². The van der Waals surface area contributed by atoms with Crippen molar-refractivity contribution in [2.75, 3.05) is 12.3 Å². The maximum absolute atomic E-state index is 12.1. The summed E-state index contributed by atoms with van der Waals surface area (Å²) in [6, 6.07) is 9.69. The van der Waals surface area contributed by atoms with Gasteiger partial charge in [-0.3, -0.25) is 4.99 Å². The zero-order valence-electron chi connectivity index (χ0n) is 14.3. The van der Waals surface area contributed by atoms with E-state index in [0.29, 0.717) is 25.0 Å². The van der Waals surface area contributed by atoms with Crippen LogP contribution in [0.2, 0.25) is 0 Å². The molecule has 0 unspecified atom stereocenters. The van der Waals surface area contributed by atoms with Gasteiger partial charge >= 0.3 is 0 Å². The van der Waals surface area contributed by atoms with Crippen molar-refractivity contribution in [3.8, 4) is 0 Å². The summed E-state index contributed by atoms with van der Waals surface area (Å²) in [5.41, 5.74) is 6.75. The Labute approximate surface area is 145 Å². The second kappa shape index (κ2) is 9.67. The van der Waals surface area contributed by atoms with E-state index in [9.17, 15) is 8.42 Å². The van der Waals surface area contributed by atoms with E-state index in [-0.39, 0.29) is 11.5 Å². The Kier molecular flexibility index (Phi) is 7.56. The van der Waals surface area contributed by atoms with Gasteiger partial charge in [0, 0.05) is 12.6 Å². The van der Waals surface area contributed by atoms with Crippen LogP contribution in [0.25, 0.3) is 0 Å². The van der Waals surface area contributed by atoms with Gasteiger partial charge in [0.25, 0.3) is 0 Å². The van der Waals surface area contributed by atoms with Crippen molar-refractivity contribution in [1.82, 2.24) is 5.32 Å². The van der Waals surface area contributed by atoms with Crippen molar-refractivity contribution in [2.24, 2.45) is 10.7 Å². The Morgan fingerprint density at radius 1 is 1.12 bits per heavy atom. The molecule has 134 valence electrons. The number of aliphatic imine (C=N–C) groups is 1. The lowest BCUT2D eigenvalue weighted by Crippen LogP contribution is -2.39. The molecule has 2 rings (SSSR count). The molecule has 24 heavy (non-hydrogen) atoms. The fourth-order valence-electron chi connectivity index (χ4n) is 3.06. The Balaban J connectivity index is 1.70. The molecule has 0 aromatic heterocycles. The largest absolute Gasteiger partial charge is 0.370 e. The number of nitrogens with two attached hydrogens (primary N) is 1. The fraction of sp³-hybridized carbons (Fsp3) is 0.611. The molecule has 1 aromatic rings. The molecule has 0 heterocycles. The van der Waals surface area contributed by atoms with Gasteiger partial charge in [-0.2, -0.15) is 0 Å². The summed E-state index contributed by atoms with van der Waals surface area (Å²) < 4.78 is 24.2. The second-order valence-electron chi connectivity index (χ2n) is 6.53. The average Bonchev–Trinajstić information content (AvgIpc) is 2.81. The lowest BCUT2D eigenvalue weighted by atomic mass is 10.1. The van der Waals surface area contributed by atoms with Crippen molar-refractivity contribution in [3.63, 3.8) is 0 Å². The number of hydrogen-bond acceptors (Lipinski definition) is 3. The predicted molar refractivity (Wildman–Crippen MR) is 99.7 cm³/mol. The molecule has 6 heteroatoms. The van der Waals surface area contributed by atoms with E-state index < -0.39 is 9.84 Å². The third-order valence-electron chi connectivity index (χ3n) is 4.33. The van der Waals surface area contributed by atoms with Gasteiger partial charge < -0.3 is 11.1 Å². The van der Waals surface area contributed by atoms with Crippen LogP contribution in [0.5, 0.6) is 0 Å². The Hall–Kier alpha value is -1.56. The van der Waals surface area contributed by atoms with E-state index in [1.807, 2.05) is 30.3 Å². The first-order valence-electron chi connectivity index (χ1n) is 8.86. The summed E-state index contributed by atoms with van der Waals surface area (Å²) in [4.78, 5) is 4.28. The van der Waals surface area contributed by atoms with Gasteiger partial charge in [0.1, 0.15) is 0 Å². The van der Waals surface area contributed by atoms with Crippen LogP contribution in [0.4, 0.5) is 0 Å². The van der Waals surface area contributed by atoms with E-state index in [1.54, 1.807) is 0 Å². The molecule has 1 saturated carbocycles. The van der Waals surface area contributed by atoms with Crippen LogP contribution in [0.3, 0.4) is 0 Å². The SMILES string of the molecule is NC(=NCCCS(=O)(=O)Cc1ccccc1)NC1CCCCCC1. The molecule has 0 atom stereocenters. The van der Waals surface area contributed by atoms with Crippen molar-refractivity contribution < 1.29 is 8.42 Å². The molecule has 0 saturated heterocycles. The molecule has 0 radical (unpaired) electrons. The first-order chi connectivity index (χ1) is 11.6. The maximum atomic E-state index is 12.1. The molecule has 3 N–H and O–H groups in total. The average molecular weight is 352 g/mol. The van der Waals surface area contributed by atoms with Crippen LogP contribution >= 0.6 is 0 Å². The highest BCUT2D eigenvalue weighted by molar-refractivity contribution is 7.90. The van der Waals surface area contributed by atoms with Crippen molar-refractivity contribution >= 4 is 15.8 Å². The molecule has 1 aliphatic carbocycles. The monoisotopic (exact) mass is 351 g/mol. The third-order valence-corrected chi connectivity index (χ3v) is 6.02. The molecular weight excluding hydrogens is 322 g/mol. The molecular formula is C18H29N3O2S. The van der Waals surface area contributed by atoms with Crippen LogP contribution in [0.1, 0.15) is 50.5 Å². The normalized spacial score (nSPS) is 17.4. The maximum Gasteiger partial charge on any atom is 0.188 e. The molecule has 1 fully saturated rings. The molecule has 5 nitrogen and oxygen atoms in total. The van der Waals surface area contributed by atoms with Gasteiger partial charge in [-0.1, -0.05) is 56.0 Å². The quantitative estimate of drug-likeness (QED) is 0.342. The Morgan fingerprint density at radius 2 is 1.79 bits per heavy atom. The van der Waals surface area contributed by atoms with Crippen LogP contribution in [-0.2, 0) is 15.6 Å². The van der Waals surface area contributed by atoms with E-state index in [1.165, 1.54) is 25.7 Å². The second-order valence-corrected chi connectivity index (χ2v) is 8.72. The first-order valence-corrected chi connectivity index (χ1v) is 10.7. The van der Waals surface area contributed by atoms with E-state index >= 15 is 0 Å². The molecule has 0 amide bonds. The smallest absolute Gasteiger partial charge is 0.188 e. The van der Waals surface area contributed by atoms with E-state index in [4.69, 9.17) is 5.73 Å². The van der Waals surface area contributed by atoms with Crippen LogP contribution < -0.4 is 11.1 Å². The van der Waals surface area contributed by atoms with Gasteiger partial charge in [0.05, 0.1) is 11.5 Å². The summed E-state index contributed by atoms with van der Waals surface area (Å²) in [6.07, 6.45) is 7.86. The lowest BCUT2D eigenvalue weighted by Gasteiger charge is -2.16. The number of benzene rings is 1. The Morgan fingerprint density at radius 3 is 2.46 bits per heavy atom. The highest BCUT2D eigenvalue weighted by atomic mass is 32.2. The van der Waals surface area contributed by atoms with E-state index in [2.05, 4.69) is 10.3 Å². The van der Waals surface area contributed by atoms with Crippen molar-refractivity contribution in [2.45, 2.75) is 56.7 Å². The standard InChI is InChI=1S/C18H29N3O2S/c19-18(21-17-11-6-1-2-7-12-17)20-13-8-14-24(22,23)15-16-9-4-3-5-10-16/h3-5,9-10,17H,1-2,6-8,11-15H2,(H3,19,20,21). The summed E-state index contributed by atoms with van der Waals surface area (Å²) in [5.74, 6) is 0.678. The van der Waals surface area contributed by atoms with Crippen molar-refractivity contribution in [1.29, 1.82) is 0 Å². The van der Waals surface area contributed by atoms with Crippen LogP contribution in [0.15, 0.2) is 35.3 Å². The summed E-state index contributed by atoms with van der Waals surface area (Å²) in [6.45, 7) is 0.444.